The van der Waals surface area contributed by atoms with E-state index in [2.05, 4.69) is 10.0 Å². The van der Waals surface area contributed by atoms with E-state index < -0.39 is 10.0 Å². The molecule has 0 aliphatic carbocycles. The average molecular weight is 392 g/mol. The minimum Gasteiger partial charge on any atom is -0.335 e. The summed E-state index contributed by atoms with van der Waals surface area (Å²) in [5.41, 5.74) is 1.66. The summed E-state index contributed by atoms with van der Waals surface area (Å²) in [7, 11) is -3.60. The zero-order chi connectivity index (χ0) is 19.2. The van der Waals surface area contributed by atoms with Gasteiger partial charge in [0.1, 0.15) is 0 Å². The number of nitrogens with one attached hydrogen (secondary N) is 2. The summed E-state index contributed by atoms with van der Waals surface area (Å²) in [4.78, 5) is 15.1. The van der Waals surface area contributed by atoms with Gasteiger partial charge in [0.2, 0.25) is 15.9 Å². The zero-order valence-electron chi connectivity index (χ0n) is 16.1. The number of benzene rings is 1. The standard InChI is InChI=1S/C20H29N3O3S/c1-13-6-7-14(2)19(8-13)27(25,26)22-12-18-16-9-15(10-21-11-16)17-4-3-5-20(24)23(17)18/h6-8,15-18,21-22H,3-5,9-12H2,1-2H3/t15-,16+,17+,18+/m1/s1. The van der Waals surface area contributed by atoms with Crippen LogP contribution in [0, 0.1) is 25.7 Å². The summed E-state index contributed by atoms with van der Waals surface area (Å²) in [6.07, 6.45) is 3.65. The van der Waals surface area contributed by atoms with Gasteiger partial charge in [-0.1, -0.05) is 12.1 Å². The third-order valence-corrected chi connectivity index (χ3v) is 8.08. The van der Waals surface area contributed by atoms with Gasteiger partial charge in [0.25, 0.3) is 0 Å². The van der Waals surface area contributed by atoms with Crippen LogP contribution in [0.2, 0.25) is 0 Å². The smallest absolute Gasteiger partial charge is 0.240 e. The molecule has 3 aliphatic heterocycles. The summed E-state index contributed by atoms with van der Waals surface area (Å²) >= 11 is 0. The van der Waals surface area contributed by atoms with Crippen LogP contribution < -0.4 is 10.0 Å². The normalized spacial score (nSPS) is 30.9. The molecule has 3 fully saturated rings. The highest BCUT2D eigenvalue weighted by Gasteiger charge is 2.47. The lowest BCUT2D eigenvalue weighted by molar-refractivity contribution is -0.148. The maximum Gasteiger partial charge on any atom is 0.240 e. The minimum absolute atomic E-state index is 0.0632. The first-order valence-corrected chi connectivity index (χ1v) is 11.4. The molecule has 148 valence electrons. The van der Waals surface area contributed by atoms with E-state index in [0.29, 0.717) is 23.2 Å². The third-order valence-electron chi connectivity index (χ3n) is 6.52. The number of amides is 1. The lowest BCUT2D eigenvalue weighted by atomic mass is 9.72. The van der Waals surface area contributed by atoms with E-state index in [4.69, 9.17) is 0 Å². The second-order valence-electron chi connectivity index (χ2n) is 8.36. The molecular formula is C20H29N3O3S. The second kappa shape index (κ2) is 7.18. The van der Waals surface area contributed by atoms with Crippen LogP contribution in [0.1, 0.15) is 36.8 Å². The largest absolute Gasteiger partial charge is 0.335 e. The number of nitrogens with zero attached hydrogens (tertiary/aromatic N) is 1. The first-order chi connectivity index (χ1) is 12.9. The molecule has 0 unspecified atom stereocenters. The summed E-state index contributed by atoms with van der Waals surface area (Å²) < 4.78 is 28.7. The Morgan fingerprint density at radius 2 is 2.00 bits per heavy atom. The van der Waals surface area contributed by atoms with Crippen molar-refractivity contribution >= 4 is 15.9 Å². The van der Waals surface area contributed by atoms with Crippen LogP contribution in [-0.4, -0.2) is 50.9 Å². The van der Waals surface area contributed by atoms with Gasteiger partial charge < -0.3 is 10.2 Å². The molecular weight excluding hydrogens is 362 g/mol. The molecule has 1 aromatic carbocycles. The van der Waals surface area contributed by atoms with Crippen molar-refractivity contribution in [3.8, 4) is 0 Å². The lowest BCUT2D eigenvalue weighted by Crippen LogP contribution is -2.66. The molecule has 2 bridgehead atoms. The number of piperidine rings is 3. The molecule has 27 heavy (non-hydrogen) atoms. The Balaban J connectivity index is 1.57. The number of sulfonamides is 1. The van der Waals surface area contributed by atoms with Crippen LogP contribution in [0.15, 0.2) is 23.1 Å². The number of fused-ring (bicyclic) bond motifs is 4. The Morgan fingerprint density at radius 3 is 2.81 bits per heavy atom. The Labute approximate surface area is 161 Å². The van der Waals surface area contributed by atoms with E-state index in [1.165, 1.54) is 0 Å². The van der Waals surface area contributed by atoms with Crippen LogP contribution in [0.4, 0.5) is 0 Å². The van der Waals surface area contributed by atoms with Crippen LogP contribution in [-0.2, 0) is 14.8 Å². The summed E-state index contributed by atoms with van der Waals surface area (Å²) in [6, 6.07) is 5.66. The van der Waals surface area contributed by atoms with Crippen molar-refractivity contribution in [3.05, 3.63) is 29.3 Å². The van der Waals surface area contributed by atoms with E-state index in [0.717, 1.165) is 43.5 Å². The van der Waals surface area contributed by atoms with Gasteiger partial charge in [-0.25, -0.2) is 13.1 Å². The number of hydrogen-bond donors (Lipinski definition) is 2. The Kier molecular flexibility index (Phi) is 5.03. The second-order valence-corrected chi connectivity index (χ2v) is 10.1. The Bertz CT molecular complexity index is 839. The van der Waals surface area contributed by atoms with Gasteiger partial charge in [0.05, 0.1) is 4.90 Å². The molecule has 0 radical (unpaired) electrons. The molecule has 3 aliphatic rings. The zero-order valence-corrected chi connectivity index (χ0v) is 16.9. The van der Waals surface area contributed by atoms with E-state index in [9.17, 15) is 13.2 Å². The van der Waals surface area contributed by atoms with Crippen molar-refractivity contribution in [2.45, 2.75) is 56.5 Å². The van der Waals surface area contributed by atoms with Crippen LogP contribution in [0.25, 0.3) is 0 Å². The predicted molar refractivity (Wildman–Crippen MR) is 104 cm³/mol. The number of carbonyl (C=O) groups excluding carboxylic acids is 1. The van der Waals surface area contributed by atoms with Crippen LogP contribution in [0.5, 0.6) is 0 Å². The monoisotopic (exact) mass is 391 g/mol. The van der Waals surface area contributed by atoms with Gasteiger partial charge in [0, 0.05) is 25.0 Å². The van der Waals surface area contributed by atoms with Gasteiger partial charge in [-0.2, -0.15) is 0 Å². The minimum atomic E-state index is -3.60. The van der Waals surface area contributed by atoms with Gasteiger partial charge in [-0.3, -0.25) is 4.79 Å². The molecule has 2 N–H and O–H groups in total. The molecule has 1 aromatic rings. The summed E-state index contributed by atoms with van der Waals surface area (Å²) in [6.45, 7) is 5.81. The quantitative estimate of drug-likeness (QED) is 0.817. The molecule has 0 aromatic heterocycles. The van der Waals surface area contributed by atoms with Crippen molar-refractivity contribution in [1.29, 1.82) is 0 Å². The van der Waals surface area contributed by atoms with E-state index in [1.807, 2.05) is 30.9 Å². The number of rotatable bonds is 4. The number of hydrogen-bond acceptors (Lipinski definition) is 4. The fourth-order valence-electron chi connectivity index (χ4n) is 5.17. The van der Waals surface area contributed by atoms with Crippen molar-refractivity contribution in [2.24, 2.45) is 11.8 Å². The third kappa shape index (κ3) is 3.52. The van der Waals surface area contributed by atoms with Crippen LogP contribution >= 0.6 is 0 Å². The first kappa shape index (κ1) is 18.9. The van der Waals surface area contributed by atoms with Gasteiger partial charge in [0.15, 0.2) is 0 Å². The first-order valence-electron chi connectivity index (χ1n) is 9.95. The molecule has 3 saturated heterocycles. The SMILES string of the molecule is Cc1ccc(C)c(S(=O)(=O)NC[C@H]2[C@@H]3CNC[C@@H](C3)[C@@H]3CCCC(=O)N32)c1. The molecule has 4 rings (SSSR count). The topological polar surface area (TPSA) is 78.5 Å². The van der Waals surface area contributed by atoms with Crippen molar-refractivity contribution in [2.75, 3.05) is 19.6 Å². The van der Waals surface area contributed by atoms with Gasteiger partial charge in [-0.05, 0) is 75.2 Å². The lowest BCUT2D eigenvalue weighted by Gasteiger charge is -2.54. The highest BCUT2D eigenvalue weighted by Crippen LogP contribution is 2.39. The van der Waals surface area contributed by atoms with Crippen LogP contribution in [0.3, 0.4) is 0 Å². The molecule has 4 atom stereocenters. The maximum absolute atomic E-state index is 12.9. The molecule has 1 amide bonds. The molecule has 0 spiro atoms. The summed E-state index contributed by atoms with van der Waals surface area (Å²) in [5, 5.41) is 3.49. The molecule has 6 nitrogen and oxygen atoms in total. The molecule has 3 heterocycles. The Hall–Kier alpha value is -1.44. The van der Waals surface area contributed by atoms with E-state index >= 15 is 0 Å². The predicted octanol–water partition coefficient (Wildman–Crippen LogP) is 1.57. The van der Waals surface area contributed by atoms with Crippen molar-refractivity contribution < 1.29 is 13.2 Å². The fourth-order valence-corrected chi connectivity index (χ4v) is 6.55. The maximum atomic E-state index is 12.9. The Morgan fingerprint density at radius 1 is 1.22 bits per heavy atom. The highest BCUT2D eigenvalue weighted by atomic mass is 32.2. The average Bonchev–Trinajstić information content (AvgIpc) is 2.64. The number of aryl methyl sites for hydroxylation is 2. The van der Waals surface area contributed by atoms with Crippen molar-refractivity contribution in [1.82, 2.24) is 14.9 Å². The van der Waals surface area contributed by atoms with E-state index in [1.54, 1.807) is 6.07 Å². The fraction of sp³-hybridized carbons (Fsp3) is 0.650. The van der Waals surface area contributed by atoms with Gasteiger partial charge in [-0.15, -0.1) is 0 Å². The number of carbonyl (C=O) groups is 1. The van der Waals surface area contributed by atoms with Crippen molar-refractivity contribution in [3.63, 3.8) is 0 Å². The van der Waals surface area contributed by atoms with E-state index in [-0.39, 0.29) is 24.5 Å². The highest BCUT2D eigenvalue weighted by molar-refractivity contribution is 7.89. The molecule has 7 heteroatoms. The van der Waals surface area contributed by atoms with Gasteiger partial charge >= 0.3 is 0 Å². The molecule has 0 saturated carbocycles. The summed E-state index contributed by atoms with van der Waals surface area (Å²) in [5.74, 6) is 1.00.